The Balaban J connectivity index is 2.30. The molecule has 1 aromatic carbocycles. The SMILES string of the molecule is CCCNC(c1cccc(OC)c1F)C1SCCSC1C. The summed E-state index contributed by atoms with van der Waals surface area (Å²) >= 11 is 3.94. The lowest BCUT2D eigenvalue weighted by Crippen LogP contribution is -2.38. The highest BCUT2D eigenvalue weighted by Crippen LogP contribution is 2.40. The monoisotopic (exact) mass is 329 g/mol. The van der Waals surface area contributed by atoms with Crippen molar-refractivity contribution < 1.29 is 9.13 Å². The first-order valence-corrected chi connectivity index (χ1v) is 9.57. The lowest BCUT2D eigenvalue weighted by molar-refractivity contribution is 0.378. The molecule has 1 fully saturated rings. The van der Waals surface area contributed by atoms with E-state index < -0.39 is 0 Å². The van der Waals surface area contributed by atoms with Crippen LogP contribution in [-0.2, 0) is 0 Å². The zero-order chi connectivity index (χ0) is 15.2. The maximum atomic E-state index is 14.7. The van der Waals surface area contributed by atoms with E-state index in [2.05, 4.69) is 19.2 Å². The molecule has 0 spiro atoms. The van der Waals surface area contributed by atoms with Gasteiger partial charge >= 0.3 is 0 Å². The Bertz CT molecular complexity index is 458. The van der Waals surface area contributed by atoms with Gasteiger partial charge in [0.2, 0.25) is 0 Å². The van der Waals surface area contributed by atoms with Crippen molar-refractivity contribution in [2.45, 2.75) is 36.8 Å². The maximum absolute atomic E-state index is 14.7. The molecule has 1 aliphatic rings. The summed E-state index contributed by atoms with van der Waals surface area (Å²) in [6, 6.07) is 5.48. The van der Waals surface area contributed by atoms with Gasteiger partial charge in [-0.15, -0.1) is 0 Å². The number of nitrogens with one attached hydrogen (secondary N) is 1. The average Bonchev–Trinajstić information content (AvgIpc) is 2.50. The van der Waals surface area contributed by atoms with Crippen molar-refractivity contribution in [1.82, 2.24) is 5.32 Å². The van der Waals surface area contributed by atoms with Crippen LogP contribution in [-0.4, -0.2) is 35.7 Å². The standard InChI is InChI=1S/C16H24FNOS2/c1-4-8-18-15(16-11(2)20-9-10-21-16)12-6-5-7-13(19-3)14(12)17/h5-7,11,15-16,18H,4,8-10H2,1-3H3. The van der Waals surface area contributed by atoms with Crippen LogP contribution in [0.1, 0.15) is 31.9 Å². The number of halogens is 1. The number of methoxy groups -OCH3 is 1. The van der Waals surface area contributed by atoms with Crippen LogP contribution in [0.3, 0.4) is 0 Å². The van der Waals surface area contributed by atoms with Crippen LogP contribution >= 0.6 is 23.5 Å². The Morgan fingerprint density at radius 2 is 2.14 bits per heavy atom. The molecule has 1 aromatic rings. The van der Waals surface area contributed by atoms with Gasteiger partial charge in [0.15, 0.2) is 11.6 Å². The minimum atomic E-state index is -0.225. The number of hydrogen-bond acceptors (Lipinski definition) is 4. The molecule has 2 nitrogen and oxygen atoms in total. The first-order valence-electron chi connectivity index (χ1n) is 7.48. The summed E-state index contributed by atoms with van der Waals surface area (Å²) in [7, 11) is 1.52. The third kappa shape index (κ3) is 4.08. The molecule has 0 bridgehead atoms. The number of rotatable bonds is 6. The van der Waals surface area contributed by atoms with Crippen LogP contribution in [0.5, 0.6) is 5.75 Å². The Morgan fingerprint density at radius 3 is 2.81 bits per heavy atom. The van der Waals surface area contributed by atoms with Gasteiger partial charge < -0.3 is 10.1 Å². The van der Waals surface area contributed by atoms with Crippen molar-refractivity contribution in [2.75, 3.05) is 25.2 Å². The number of hydrogen-bond donors (Lipinski definition) is 1. The van der Waals surface area contributed by atoms with E-state index >= 15 is 0 Å². The minimum Gasteiger partial charge on any atom is -0.494 e. The first kappa shape index (κ1) is 17.0. The van der Waals surface area contributed by atoms with Crippen molar-refractivity contribution in [3.8, 4) is 5.75 Å². The molecule has 3 atom stereocenters. The van der Waals surface area contributed by atoms with Gasteiger partial charge in [-0.1, -0.05) is 26.0 Å². The smallest absolute Gasteiger partial charge is 0.169 e. The molecule has 1 N–H and O–H groups in total. The number of ether oxygens (including phenoxy) is 1. The molecule has 0 saturated carbocycles. The summed E-state index contributed by atoms with van der Waals surface area (Å²) in [6.45, 7) is 5.29. The van der Waals surface area contributed by atoms with Crippen molar-refractivity contribution in [2.24, 2.45) is 0 Å². The largest absolute Gasteiger partial charge is 0.494 e. The van der Waals surface area contributed by atoms with Gasteiger partial charge in [-0.2, -0.15) is 23.5 Å². The predicted octanol–water partition coefficient (Wildman–Crippen LogP) is 4.11. The third-order valence-electron chi connectivity index (χ3n) is 3.73. The molecule has 118 valence electrons. The molecule has 0 aromatic heterocycles. The van der Waals surface area contributed by atoms with E-state index in [4.69, 9.17) is 4.74 Å². The zero-order valence-corrected chi connectivity index (χ0v) is 14.5. The quantitative estimate of drug-likeness (QED) is 0.847. The average molecular weight is 330 g/mol. The molecule has 1 heterocycles. The van der Waals surface area contributed by atoms with Gasteiger partial charge in [-0.05, 0) is 19.0 Å². The summed E-state index contributed by atoms with van der Waals surface area (Å²) in [5.41, 5.74) is 0.731. The maximum Gasteiger partial charge on any atom is 0.169 e. The molecule has 0 amide bonds. The molecule has 21 heavy (non-hydrogen) atoms. The fourth-order valence-electron chi connectivity index (χ4n) is 2.64. The van der Waals surface area contributed by atoms with Crippen molar-refractivity contribution in [3.63, 3.8) is 0 Å². The van der Waals surface area contributed by atoms with Crippen LogP contribution in [0.25, 0.3) is 0 Å². The van der Waals surface area contributed by atoms with E-state index in [1.54, 1.807) is 6.07 Å². The van der Waals surface area contributed by atoms with Crippen LogP contribution in [0.4, 0.5) is 4.39 Å². The summed E-state index contributed by atoms with van der Waals surface area (Å²) in [6.07, 6.45) is 1.04. The Kier molecular flexibility index (Phi) is 6.71. The van der Waals surface area contributed by atoms with Gasteiger partial charge in [-0.3, -0.25) is 0 Å². The normalized spacial score (nSPS) is 23.8. The van der Waals surface area contributed by atoms with Crippen molar-refractivity contribution in [1.29, 1.82) is 0 Å². The van der Waals surface area contributed by atoms with Crippen LogP contribution in [0.2, 0.25) is 0 Å². The zero-order valence-electron chi connectivity index (χ0n) is 12.9. The third-order valence-corrected chi connectivity index (χ3v) is 6.92. The van der Waals surface area contributed by atoms with Crippen LogP contribution in [0.15, 0.2) is 18.2 Å². The molecule has 3 unspecified atom stereocenters. The molecule has 2 rings (SSSR count). The summed E-state index contributed by atoms with van der Waals surface area (Å²) in [5, 5.41) is 4.45. The van der Waals surface area contributed by atoms with Crippen molar-refractivity contribution in [3.05, 3.63) is 29.6 Å². The highest BCUT2D eigenvalue weighted by Gasteiger charge is 2.33. The van der Waals surface area contributed by atoms with E-state index in [1.165, 1.54) is 12.9 Å². The molecule has 0 aliphatic carbocycles. The molecule has 1 saturated heterocycles. The van der Waals surface area contributed by atoms with Crippen LogP contribution in [0, 0.1) is 5.82 Å². The topological polar surface area (TPSA) is 21.3 Å². The molecule has 0 radical (unpaired) electrons. The van der Waals surface area contributed by atoms with E-state index in [9.17, 15) is 4.39 Å². The van der Waals surface area contributed by atoms with Gasteiger partial charge in [-0.25, -0.2) is 4.39 Å². The lowest BCUT2D eigenvalue weighted by Gasteiger charge is -2.35. The van der Waals surface area contributed by atoms with E-state index in [0.29, 0.717) is 16.2 Å². The Morgan fingerprint density at radius 1 is 1.38 bits per heavy atom. The Labute approximate surface area is 135 Å². The second kappa shape index (κ2) is 8.30. The first-order chi connectivity index (χ1) is 10.2. The summed E-state index contributed by atoms with van der Waals surface area (Å²) < 4.78 is 19.8. The minimum absolute atomic E-state index is 0.0350. The van der Waals surface area contributed by atoms with Gasteiger partial charge in [0.1, 0.15) is 0 Å². The molecular weight excluding hydrogens is 305 g/mol. The van der Waals surface area contributed by atoms with Gasteiger partial charge in [0, 0.05) is 33.6 Å². The Hall–Kier alpha value is -0.390. The van der Waals surface area contributed by atoms with Crippen LogP contribution < -0.4 is 10.1 Å². The van der Waals surface area contributed by atoms with E-state index in [0.717, 1.165) is 24.3 Å². The highest BCUT2D eigenvalue weighted by molar-refractivity contribution is 8.07. The number of benzene rings is 1. The van der Waals surface area contributed by atoms with Crippen molar-refractivity contribution >= 4 is 23.5 Å². The fraction of sp³-hybridized carbons (Fsp3) is 0.625. The highest BCUT2D eigenvalue weighted by atomic mass is 32.2. The second-order valence-electron chi connectivity index (χ2n) is 5.21. The van der Waals surface area contributed by atoms with Gasteiger partial charge in [0.05, 0.1) is 7.11 Å². The fourth-order valence-corrected chi connectivity index (χ4v) is 5.58. The summed E-state index contributed by atoms with van der Waals surface area (Å²) in [5.74, 6) is 2.42. The second-order valence-corrected chi connectivity index (χ2v) is 7.98. The van der Waals surface area contributed by atoms with Gasteiger partial charge in [0.25, 0.3) is 0 Å². The molecular formula is C16H24FNOS2. The van der Waals surface area contributed by atoms with E-state index in [1.807, 2.05) is 35.7 Å². The molecule has 1 aliphatic heterocycles. The van der Waals surface area contributed by atoms with E-state index in [-0.39, 0.29) is 11.9 Å². The molecule has 5 heteroatoms. The lowest BCUT2D eigenvalue weighted by atomic mass is 10.00. The predicted molar refractivity (Wildman–Crippen MR) is 92.2 cm³/mol. The number of thioether (sulfide) groups is 2. The summed E-state index contributed by atoms with van der Waals surface area (Å²) in [4.78, 5) is 0.